The van der Waals surface area contributed by atoms with Crippen LogP contribution in [0.25, 0.3) is 0 Å². The Labute approximate surface area is 152 Å². The predicted octanol–water partition coefficient (Wildman–Crippen LogP) is 6.49. The normalized spacial score (nSPS) is 21.7. The van der Waals surface area contributed by atoms with E-state index >= 15 is 0 Å². The van der Waals surface area contributed by atoms with Gasteiger partial charge in [0.25, 0.3) is 0 Å². The Morgan fingerprint density at radius 2 is 1.64 bits per heavy atom. The van der Waals surface area contributed by atoms with Crippen LogP contribution in [0.15, 0.2) is 54.6 Å². The maximum Gasteiger partial charge on any atom is 0.127 e. The van der Waals surface area contributed by atoms with E-state index in [0.717, 1.165) is 17.4 Å². The number of rotatable bonds is 7. The van der Waals surface area contributed by atoms with Crippen LogP contribution in [0.2, 0.25) is 0 Å². The molecule has 3 rings (SSSR count). The summed E-state index contributed by atoms with van der Waals surface area (Å²) in [7, 11) is 0. The molecular formula is C23H31NO. The number of hydrogen-bond donors (Lipinski definition) is 1. The van der Waals surface area contributed by atoms with Crippen molar-refractivity contribution in [2.75, 3.05) is 0 Å². The van der Waals surface area contributed by atoms with E-state index in [1.54, 1.807) is 0 Å². The number of para-hydroxylation sites is 1. The van der Waals surface area contributed by atoms with Gasteiger partial charge in [-0.2, -0.15) is 0 Å². The molecule has 1 unspecified atom stereocenters. The van der Waals surface area contributed by atoms with Crippen LogP contribution in [-0.2, 0) is 0 Å². The first-order chi connectivity index (χ1) is 12.3. The zero-order chi connectivity index (χ0) is 17.5. The first kappa shape index (κ1) is 18.0. The SMILES string of the molecule is CCCC(N[C@H]1CCCC[C@H]1C)c1ccc(Oc2ccccc2)cc1. The molecule has 3 atom stereocenters. The molecule has 1 aliphatic carbocycles. The molecule has 25 heavy (non-hydrogen) atoms. The molecule has 2 aromatic rings. The van der Waals surface area contributed by atoms with Gasteiger partial charge in [-0.1, -0.05) is 63.4 Å². The van der Waals surface area contributed by atoms with E-state index in [4.69, 9.17) is 4.74 Å². The second kappa shape index (κ2) is 9.05. The molecule has 0 spiro atoms. The van der Waals surface area contributed by atoms with Crippen LogP contribution in [0.4, 0.5) is 0 Å². The summed E-state index contributed by atoms with van der Waals surface area (Å²) < 4.78 is 5.92. The van der Waals surface area contributed by atoms with Crippen molar-refractivity contribution in [1.29, 1.82) is 0 Å². The maximum absolute atomic E-state index is 5.92. The van der Waals surface area contributed by atoms with E-state index < -0.39 is 0 Å². The molecule has 1 saturated carbocycles. The molecule has 2 heteroatoms. The topological polar surface area (TPSA) is 21.3 Å². The molecular weight excluding hydrogens is 306 g/mol. The molecule has 0 heterocycles. The van der Waals surface area contributed by atoms with Crippen LogP contribution in [0.5, 0.6) is 11.5 Å². The fourth-order valence-electron chi connectivity index (χ4n) is 3.85. The van der Waals surface area contributed by atoms with Crippen LogP contribution in [-0.4, -0.2) is 6.04 Å². The molecule has 0 saturated heterocycles. The van der Waals surface area contributed by atoms with Gasteiger partial charge in [0.2, 0.25) is 0 Å². The van der Waals surface area contributed by atoms with Gasteiger partial charge in [0.1, 0.15) is 11.5 Å². The van der Waals surface area contributed by atoms with Crippen molar-refractivity contribution in [2.45, 2.75) is 64.5 Å². The fourth-order valence-corrected chi connectivity index (χ4v) is 3.85. The lowest BCUT2D eigenvalue weighted by Crippen LogP contribution is -2.39. The van der Waals surface area contributed by atoms with Crippen LogP contribution in [0, 0.1) is 5.92 Å². The summed E-state index contributed by atoms with van der Waals surface area (Å²) in [4.78, 5) is 0. The molecule has 134 valence electrons. The van der Waals surface area contributed by atoms with Gasteiger partial charge in [-0.3, -0.25) is 0 Å². The van der Waals surface area contributed by atoms with Gasteiger partial charge < -0.3 is 10.1 Å². The smallest absolute Gasteiger partial charge is 0.127 e. The monoisotopic (exact) mass is 337 g/mol. The highest BCUT2D eigenvalue weighted by molar-refractivity contribution is 5.34. The van der Waals surface area contributed by atoms with Gasteiger partial charge in [-0.15, -0.1) is 0 Å². The Morgan fingerprint density at radius 3 is 2.32 bits per heavy atom. The highest BCUT2D eigenvalue weighted by atomic mass is 16.5. The van der Waals surface area contributed by atoms with E-state index in [-0.39, 0.29) is 0 Å². The van der Waals surface area contributed by atoms with Gasteiger partial charge in [0, 0.05) is 12.1 Å². The molecule has 0 radical (unpaired) electrons. The molecule has 0 amide bonds. The molecule has 1 N–H and O–H groups in total. The van der Waals surface area contributed by atoms with E-state index in [9.17, 15) is 0 Å². The predicted molar refractivity (Wildman–Crippen MR) is 105 cm³/mol. The van der Waals surface area contributed by atoms with Crippen LogP contribution >= 0.6 is 0 Å². The lowest BCUT2D eigenvalue weighted by atomic mass is 9.85. The average Bonchev–Trinajstić information content (AvgIpc) is 2.65. The summed E-state index contributed by atoms with van der Waals surface area (Å²) in [5.41, 5.74) is 1.38. The maximum atomic E-state index is 5.92. The Balaban J connectivity index is 1.66. The van der Waals surface area contributed by atoms with Crippen molar-refractivity contribution in [1.82, 2.24) is 5.32 Å². The van der Waals surface area contributed by atoms with Gasteiger partial charge in [-0.05, 0) is 55.0 Å². The minimum absolute atomic E-state index is 0.446. The first-order valence-corrected chi connectivity index (χ1v) is 9.85. The Morgan fingerprint density at radius 1 is 0.960 bits per heavy atom. The number of hydrogen-bond acceptors (Lipinski definition) is 2. The van der Waals surface area contributed by atoms with Crippen molar-refractivity contribution in [3.63, 3.8) is 0 Å². The third-order valence-corrected chi connectivity index (χ3v) is 5.37. The molecule has 2 nitrogen and oxygen atoms in total. The summed E-state index contributed by atoms with van der Waals surface area (Å²) in [5.74, 6) is 2.57. The van der Waals surface area contributed by atoms with E-state index in [1.165, 1.54) is 44.1 Å². The van der Waals surface area contributed by atoms with Gasteiger partial charge in [0.05, 0.1) is 0 Å². The molecule has 1 fully saturated rings. The van der Waals surface area contributed by atoms with Crippen molar-refractivity contribution in [3.05, 3.63) is 60.2 Å². The van der Waals surface area contributed by atoms with Crippen molar-refractivity contribution in [2.24, 2.45) is 5.92 Å². The van der Waals surface area contributed by atoms with E-state index in [2.05, 4.69) is 43.4 Å². The summed E-state index contributed by atoms with van der Waals surface area (Å²) in [6.07, 6.45) is 7.81. The van der Waals surface area contributed by atoms with Gasteiger partial charge >= 0.3 is 0 Å². The molecule has 0 aliphatic heterocycles. The lowest BCUT2D eigenvalue weighted by molar-refractivity contribution is 0.253. The summed E-state index contributed by atoms with van der Waals surface area (Å²) >= 11 is 0. The van der Waals surface area contributed by atoms with E-state index in [1.807, 2.05) is 30.3 Å². The lowest BCUT2D eigenvalue weighted by Gasteiger charge is -2.33. The highest BCUT2D eigenvalue weighted by Crippen LogP contribution is 2.29. The van der Waals surface area contributed by atoms with Crippen molar-refractivity contribution >= 4 is 0 Å². The largest absolute Gasteiger partial charge is 0.457 e. The summed E-state index contributed by atoms with van der Waals surface area (Å²) in [5, 5.41) is 3.95. The number of nitrogens with one attached hydrogen (secondary N) is 1. The van der Waals surface area contributed by atoms with Crippen molar-refractivity contribution in [3.8, 4) is 11.5 Å². The number of benzene rings is 2. The molecule has 2 aromatic carbocycles. The summed E-state index contributed by atoms with van der Waals surface area (Å²) in [6.45, 7) is 4.67. The van der Waals surface area contributed by atoms with Crippen molar-refractivity contribution < 1.29 is 4.74 Å². The molecule has 0 bridgehead atoms. The minimum atomic E-state index is 0.446. The zero-order valence-electron chi connectivity index (χ0n) is 15.6. The van der Waals surface area contributed by atoms with Gasteiger partial charge in [-0.25, -0.2) is 0 Å². The zero-order valence-corrected chi connectivity index (χ0v) is 15.6. The number of ether oxygens (including phenoxy) is 1. The minimum Gasteiger partial charge on any atom is -0.457 e. The van der Waals surface area contributed by atoms with Crippen LogP contribution < -0.4 is 10.1 Å². The molecule has 1 aliphatic rings. The summed E-state index contributed by atoms with van der Waals surface area (Å²) in [6, 6.07) is 19.7. The molecule has 0 aromatic heterocycles. The standard InChI is InChI=1S/C23H31NO/c1-3-9-23(24-22-13-8-7-10-18(22)2)19-14-16-21(17-15-19)25-20-11-5-4-6-12-20/h4-6,11-12,14-18,22-24H,3,7-10,13H2,1-2H3/t18-,22+,23?/m1/s1. The Hall–Kier alpha value is -1.80. The average molecular weight is 338 g/mol. The third kappa shape index (κ3) is 5.09. The highest BCUT2D eigenvalue weighted by Gasteiger charge is 2.24. The van der Waals surface area contributed by atoms with Crippen LogP contribution in [0.1, 0.15) is 64.0 Å². The second-order valence-corrected chi connectivity index (χ2v) is 7.36. The second-order valence-electron chi connectivity index (χ2n) is 7.36. The Bertz CT molecular complexity index is 622. The van der Waals surface area contributed by atoms with Gasteiger partial charge in [0.15, 0.2) is 0 Å². The van der Waals surface area contributed by atoms with Crippen LogP contribution in [0.3, 0.4) is 0 Å². The third-order valence-electron chi connectivity index (χ3n) is 5.37. The first-order valence-electron chi connectivity index (χ1n) is 9.85. The Kier molecular flexibility index (Phi) is 6.52. The quantitative estimate of drug-likeness (QED) is 0.623. The fraction of sp³-hybridized carbons (Fsp3) is 0.478. The van der Waals surface area contributed by atoms with E-state index in [0.29, 0.717) is 12.1 Å².